The van der Waals surface area contributed by atoms with Crippen molar-refractivity contribution in [2.45, 2.75) is 65.7 Å². The van der Waals surface area contributed by atoms with Gasteiger partial charge in [-0.25, -0.2) is 14.4 Å². The third kappa shape index (κ3) is 7.73. The zero-order chi connectivity index (χ0) is 34.3. The number of H-pyrrole nitrogens is 2. The third-order valence-electron chi connectivity index (χ3n) is 9.45. The third-order valence-corrected chi connectivity index (χ3v) is 9.45. The van der Waals surface area contributed by atoms with Crippen molar-refractivity contribution < 1.29 is 4.39 Å². The van der Waals surface area contributed by atoms with E-state index >= 15 is 0 Å². The fourth-order valence-electron chi connectivity index (χ4n) is 6.68. The zero-order valence-corrected chi connectivity index (χ0v) is 29.0. The second-order valence-corrected chi connectivity index (χ2v) is 12.8. The van der Waals surface area contributed by atoms with Crippen LogP contribution in [-0.4, -0.2) is 54.7 Å². The van der Waals surface area contributed by atoms with Crippen LogP contribution in [-0.2, 0) is 6.42 Å². The Morgan fingerprint density at radius 2 is 1.84 bits per heavy atom. The van der Waals surface area contributed by atoms with Crippen molar-refractivity contribution in [1.82, 2.24) is 35.0 Å². The van der Waals surface area contributed by atoms with Gasteiger partial charge in [-0.15, -0.1) is 0 Å². The molecular weight excluding hydrogens is 611 g/mol. The fraction of sp³-hybridized carbons (Fsp3) is 0.350. The van der Waals surface area contributed by atoms with Gasteiger partial charge in [-0.3, -0.25) is 10.1 Å². The van der Waals surface area contributed by atoms with Crippen LogP contribution in [0.1, 0.15) is 74.9 Å². The minimum Gasteiger partial charge on any atom is -0.358 e. The molecular formula is C40H47FN8. The average molecular weight is 659 g/mol. The van der Waals surface area contributed by atoms with E-state index in [9.17, 15) is 4.39 Å². The molecule has 2 fully saturated rings. The lowest BCUT2D eigenvalue weighted by Crippen LogP contribution is -2.20. The van der Waals surface area contributed by atoms with Gasteiger partial charge in [0.05, 0.1) is 23.0 Å². The van der Waals surface area contributed by atoms with Gasteiger partial charge in [0.15, 0.2) is 11.5 Å². The van der Waals surface area contributed by atoms with Crippen LogP contribution in [0.4, 0.5) is 10.1 Å². The number of fused-ring (bicyclic) bond motifs is 1. The summed E-state index contributed by atoms with van der Waals surface area (Å²) < 4.78 is 15.0. The summed E-state index contributed by atoms with van der Waals surface area (Å²) in [4.78, 5) is 20.1. The van der Waals surface area contributed by atoms with Crippen LogP contribution in [0.3, 0.4) is 0 Å². The van der Waals surface area contributed by atoms with E-state index in [4.69, 9.17) is 4.98 Å². The molecule has 0 amide bonds. The molecule has 0 radical (unpaired) electrons. The minimum absolute atomic E-state index is 0.249. The number of halogens is 1. The van der Waals surface area contributed by atoms with E-state index in [-0.39, 0.29) is 5.82 Å². The standard InChI is InChI=1S/C38H41FN8.C2H6/c1-4-9-33(28-16-26(17-31(39)18-28)10-8-15-47-13-5-6-14-47)35-25(3)43-38(44-35)36-34-20-30(22-41-37(34)46-45-36)29-19-32(23-40-21-29)42-24(2)27-11-7-12-27;1-2/h4,9,16-23,27,42H,1-2,5-8,10-15H2,3H3,(H,43,44)(H,41,45,46);1-2H3/b33-9-;. The van der Waals surface area contributed by atoms with E-state index in [1.54, 1.807) is 18.2 Å². The van der Waals surface area contributed by atoms with Crippen molar-refractivity contribution in [3.8, 4) is 22.6 Å². The summed E-state index contributed by atoms with van der Waals surface area (Å²) in [7, 11) is 0. The predicted molar refractivity (Wildman–Crippen MR) is 199 cm³/mol. The number of nitrogens with zero attached hydrogens (tertiary/aromatic N) is 5. The van der Waals surface area contributed by atoms with Crippen LogP contribution < -0.4 is 5.32 Å². The summed E-state index contributed by atoms with van der Waals surface area (Å²) in [5.41, 5.74) is 9.28. The number of aromatic nitrogens is 6. The summed E-state index contributed by atoms with van der Waals surface area (Å²) in [6, 6.07) is 9.43. The fourth-order valence-corrected chi connectivity index (χ4v) is 6.68. The molecule has 49 heavy (non-hydrogen) atoms. The number of rotatable bonds is 12. The predicted octanol–water partition coefficient (Wildman–Crippen LogP) is 9.26. The topological polar surface area (TPSA) is 98.4 Å². The molecule has 7 rings (SSSR count). The van der Waals surface area contributed by atoms with E-state index in [1.807, 2.05) is 45.4 Å². The lowest BCUT2D eigenvalue weighted by Gasteiger charge is -2.28. The maximum absolute atomic E-state index is 15.0. The quantitative estimate of drug-likeness (QED) is 0.116. The SMILES string of the molecule is C=C/C=C(/c1cc(F)cc(CCCN2CCCC2)c1)c1nc(-c2[nH]nc3ncc(-c4cncc(NC(=C)C5CCC5)c4)cc23)[nH]c1C.CC. The number of aromatic amines is 2. The molecule has 0 unspecified atom stereocenters. The summed E-state index contributed by atoms with van der Waals surface area (Å²) in [5, 5.41) is 11.9. The highest BCUT2D eigenvalue weighted by Gasteiger charge is 2.22. The first-order valence-corrected chi connectivity index (χ1v) is 17.6. The Morgan fingerprint density at radius 3 is 2.59 bits per heavy atom. The van der Waals surface area contributed by atoms with Gasteiger partial charge in [0.25, 0.3) is 0 Å². The molecule has 8 nitrogen and oxygen atoms in total. The first-order valence-electron chi connectivity index (χ1n) is 17.6. The monoisotopic (exact) mass is 658 g/mol. The molecule has 4 aromatic heterocycles. The second-order valence-electron chi connectivity index (χ2n) is 12.8. The molecule has 1 saturated heterocycles. The van der Waals surface area contributed by atoms with Crippen molar-refractivity contribution in [2.75, 3.05) is 25.0 Å². The van der Waals surface area contributed by atoms with Crippen LogP contribution in [0.25, 0.3) is 39.3 Å². The van der Waals surface area contributed by atoms with E-state index < -0.39 is 0 Å². The van der Waals surface area contributed by atoms with Crippen LogP contribution in [0.5, 0.6) is 0 Å². The van der Waals surface area contributed by atoms with E-state index in [2.05, 4.69) is 66.7 Å². The Hall–Kier alpha value is -4.89. The van der Waals surface area contributed by atoms with Gasteiger partial charge in [0, 0.05) is 40.5 Å². The van der Waals surface area contributed by atoms with Gasteiger partial charge in [-0.05, 0) is 106 Å². The number of imidazole rings is 1. The normalized spacial score (nSPS) is 15.1. The van der Waals surface area contributed by atoms with Gasteiger partial charge in [0.1, 0.15) is 11.5 Å². The molecule has 1 aromatic carbocycles. The maximum atomic E-state index is 15.0. The number of aryl methyl sites for hydroxylation is 2. The zero-order valence-electron chi connectivity index (χ0n) is 29.0. The van der Waals surface area contributed by atoms with E-state index in [0.29, 0.717) is 17.4 Å². The van der Waals surface area contributed by atoms with E-state index in [1.165, 1.54) is 45.2 Å². The molecule has 0 atom stereocenters. The largest absolute Gasteiger partial charge is 0.358 e. The Balaban J connectivity index is 0.00000205. The highest BCUT2D eigenvalue weighted by atomic mass is 19.1. The van der Waals surface area contributed by atoms with Gasteiger partial charge >= 0.3 is 0 Å². The summed E-state index contributed by atoms with van der Waals surface area (Å²) in [6.07, 6.45) is 17.1. The average Bonchev–Trinajstić information content (AvgIpc) is 3.84. The second kappa shape index (κ2) is 15.6. The number of anilines is 1. The molecule has 3 N–H and O–H groups in total. The molecule has 1 aliphatic carbocycles. The Labute approximate surface area is 288 Å². The molecule has 2 aliphatic rings. The molecule has 0 bridgehead atoms. The van der Waals surface area contributed by atoms with Crippen LogP contribution in [0, 0.1) is 18.7 Å². The summed E-state index contributed by atoms with van der Waals surface area (Å²) in [6.45, 7) is 17.5. The first kappa shape index (κ1) is 34.0. The van der Waals surface area contributed by atoms with Crippen LogP contribution >= 0.6 is 0 Å². The summed E-state index contributed by atoms with van der Waals surface area (Å²) in [5.74, 6) is 0.907. The minimum atomic E-state index is -0.249. The molecule has 0 spiro atoms. The number of allylic oxidation sites excluding steroid dienone is 3. The van der Waals surface area contributed by atoms with Gasteiger partial charge in [0.2, 0.25) is 0 Å². The van der Waals surface area contributed by atoms with Gasteiger partial charge in [-0.2, -0.15) is 5.10 Å². The number of nitrogens with one attached hydrogen (secondary N) is 3. The highest BCUT2D eigenvalue weighted by molar-refractivity contribution is 5.92. The van der Waals surface area contributed by atoms with Crippen molar-refractivity contribution >= 4 is 22.3 Å². The van der Waals surface area contributed by atoms with Gasteiger partial charge < -0.3 is 15.2 Å². The number of hydrogen-bond donors (Lipinski definition) is 3. The molecule has 1 saturated carbocycles. The Bertz CT molecular complexity index is 1960. The maximum Gasteiger partial charge on any atom is 0.181 e. The van der Waals surface area contributed by atoms with E-state index in [0.717, 1.165) is 81.1 Å². The number of hydrogen-bond acceptors (Lipinski definition) is 6. The van der Waals surface area contributed by atoms with Gasteiger partial charge in [-0.1, -0.05) is 51.6 Å². The highest BCUT2D eigenvalue weighted by Crippen LogP contribution is 2.35. The lowest BCUT2D eigenvalue weighted by molar-refractivity contribution is 0.334. The number of benzene rings is 1. The van der Waals surface area contributed by atoms with Crippen LogP contribution in [0.15, 0.2) is 79.9 Å². The molecule has 5 aromatic rings. The van der Waals surface area contributed by atoms with Crippen molar-refractivity contribution in [2.24, 2.45) is 5.92 Å². The molecule has 9 heteroatoms. The lowest BCUT2D eigenvalue weighted by atomic mass is 9.83. The number of likely N-dealkylation sites (tertiary alicyclic amines) is 1. The Kier molecular flexibility index (Phi) is 10.8. The molecule has 1 aliphatic heterocycles. The number of pyridine rings is 2. The van der Waals surface area contributed by atoms with Crippen LogP contribution in [0.2, 0.25) is 0 Å². The van der Waals surface area contributed by atoms with Crippen molar-refractivity contribution in [3.05, 3.63) is 108 Å². The first-order chi connectivity index (χ1) is 23.9. The smallest absolute Gasteiger partial charge is 0.181 e. The summed E-state index contributed by atoms with van der Waals surface area (Å²) >= 11 is 0. The molecule has 5 heterocycles. The van der Waals surface area contributed by atoms with Crippen molar-refractivity contribution in [1.29, 1.82) is 0 Å². The Morgan fingerprint density at radius 1 is 1.04 bits per heavy atom. The molecule has 254 valence electrons. The van der Waals surface area contributed by atoms with Crippen molar-refractivity contribution in [3.63, 3.8) is 0 Å².